The van der Waals surface area contributed by atoms with Crippen LogP contribution in [0.25, 0.3) is 11.3 Å². The molecule has 0 bridgehead atoms. The Kier molecular flexibility index (Phi) is 4.82. The zero-order valence-electron chi connectivity index (χ0n) is 13.9. The molecule has 1 saturated carbocycles. The summed E-state index contributed by atoms with van der Waals surface area (Å²) >= 11 is 0. The maximum absolute atomic E-state index is 5.83. The summed E-state index contributed by atoms with van der Waals surface area (Å²) < 4.78 is 5.62. The van der Waals surface area contributed by atoms with Gasteiger partial charge in [0, 0.05) is 18.2 Å². The van der Waals surface area contributed by atoms with Crippen LogP contribution in [0.3, 0.4) is 0 Å². The van der Waals surface area contributed by atoms with E-state index in [2.05, 4.69) is 29.4 Å². The van der Waals surface area contributed by atoms with Crippen LogP contribution in [0.1, 0.15) is 37.3 Å². The largest absolute Gasteiger partial charge is 0.496 e. The highest BCUT2D eigenvalue weighted by Crippen LogP contribution is 2.33. The average Bonchev–Trinajstić information content (AvgIpc) is 2.52. The van der Waals surface area contributed by atoms with Gasteiger partial charge in [-0.25, -0.2) is 4.98 Å². The molecule has 1 aliphatic carbocycles. The van der Waals surface area contributed by atoms with E-state index in [1.165, 1.54) is 30.4 Å². The van der Waals surface area contributed by atoms with Crippen molar-refractivity contribution in [2.24, 2.45) is 0 Å². The first-order chi connectivity index (χ1) is 11.2. The number of aromatic nitrogens is 1. The molecule has 23 heavy (non-hydrogen) atoms. The van der Waals surface area contributed by atoms with E-state index in [-0.39, 0.29) is 0 Å². The quantitative estimate of drug-likeness (QED) is 0.856. The van der Waals surface area contributed by atoms with Gasteiger partial charge in [0.05, 0.1) is 12.8 Å². The summed E-state index contributed by atoms with van der Waals surface area (Å²) in [5.41, 5.74) is 10.3. The third-order valence-electron chi connectivity index (χ3n) is 4.64. The fourth-order valence-electron chi connectivity index (χ4n) is 3.00. The van der Waals surface area contributed by atoms with Gasteiger partial charge in [-0.15, -0.1) is 0 Å². The van der Waals surface area contributed by atoms with Crippen molar-refractivity contribution in [1.29, 1.82) is 0 Å². The summed E-state index contributed by atoms with van der Waals surface area (Å²) in [6, 6.07) is 10.7. The van der Waals surface area contributed by atoms with Crippen molar-refractivity contribution < 1.29 is 4.74 Å². The highest BCUT2D eigenvalue weighted by atomic mass is 16.5. The van der Waals surface area contributed by atoms with Crippen LogP contribution in [0, 0.1) is 0 Å². The molecule has 4 heteroatoms. The molecule has 0 atom stereocenters. The van der Waals surface area contributed by atoms with Gasteiger partial charge in [0.2, 0.25) is 0 Å². The maximum Gasteiger partial charge on any atom is 0.128 e. The normalized spacial score (nSPS) is 14.5. The molecule has 2 aromatic rings. The molecule has 0 unspecified atom stereocenters. The third kappa shape index (κ3) is 3.48. The number of benzene rings is 1. The van der Waals surface area contributed by atoms with Crippen LogP contribution in [-0.4, -0.2) is 18.1 Å². The molecule has 1 aliphatic rings. The monoisotopic (exact) mass is 311 g/mol. The lowest BCUT2D eigenvalue weighted by molar-refractivity contribution is 0.337. The second kappa shape index (κ2) is 7.01. The first-order valence-corrected chi connectivity index (χ1v) is 8.37. The van der Waals surface area contributed by atoms with E-state index in [0.29, 0.717) is 11.9 Å². The summed E-state index contributed by atoms with van der Waals surface area (Å²) in [4.78, 5) is 4.44. The van der Waals surface area contributed by atoms with Crippen LogP contribution < -0.4 is 15.8 Å². The minimum absolute atomic E-state index is 0.526. The topological polar surface area (TPSA) is 60.2 Å². The molecule has 1 aromatic carbocycles. The zero-order valence-corrected chi connectivity index (χ0v) is 13.9. The Morgan fingerprint density at radius 1 is 1.26 bits per heavy atom. The zero-order chi connectivity index (χ0) is 16.2. The SMILES string of the molecule is CCc1cc(-c2cccc(N)n2)c(OC)cc1CNC1CCC1. The summed E-state index contributed by atoms with van der Waals surface area (Å²) in [7, 11) is 1.71. The van der Waals surface area contributed by atoms with E-state index < -0.39 is 0 Å². The maximum atomic E-state index is 5.83. The van der Waals surface area contributed by atoms with Gasteiger partial charge in [0.1, 0.15) is 11.6 Å². The van der Waals surface area contributed by atoms with Crippen LogP contribution in [0.5, 0.6) is 5.75 Å². The molecule has 122 valence electrons. The number of nitrogens with zero attached hydrogens (tertiary/aromatic N) is 1. The van der Waals surface area contributed by atoms with Crippen molar-refractivity contribution in [3.8, 4) is 17.0 Å². The summed E-state index contributed by atoms with van der Waals surface area (Å²) in [6.45, 7) is 3.08. The van der Waals surface area contributed by atoms with Crippen LogP contribution in [-0.2, 0) is 13.0 Å². The van der Waals surface area contributed by atoms with Gasteiger partial charge in [-0.05, 0) is 54.7 Å². The van der Waals surface area contributed by atoms with Crippen molar-refractivity contribution in [2.75, 3.05) is 12.8 Å². The number of rotatable bonds is 6. The second-order valence-corrected chi connectivity index (χ2v) is 6.13. The predicted molar refractivity (Wildman–Crippen MR) is 94.5 cm³/mol. The van der Waals surface area contributed by atoms with Crippen molar-refractivity contribution in [1.82, 2.24) is 10.3 Å². The lowest BCUT2D eigenvalue weighted by atomic mass is 9.92. The van der Waals surface area contributed by atoms with E-state index in [1.807, 2.05) is 12.1 Å². The number of methoxy groups -OCH3 is 1. The number of hydrogen-bond acceptors (Lipinski definition) is 4. The van der Waals surface area contributed by atoms with E-state index in [0.717, 1.165) is 30.0 Å². The summed E-state index contributed by atoms with van der Waals surface area (Å²) in [5, 5.41) is 3.64. The minimum Gasteiger partial charge on any atom is -0.496 e. The third-order valence-corrected chi connectivity index (χ3v) is 4.64. The predicted octanol–water partition coefficient (Wildman–Crippen LogP) is 3.54. The van der Waals surface area contributed by atoms with E-state index in [4.69, 9.17) is 10.5 Å². The Bertz CT molecular complexity index is 680. The number of hydrogen-bond donors (Lipinski definition) is 2. The Labute approximate surface area is 138 Å². The number of aryl methyl sites for hydroxylation is 1. The lowest BCUT2D eigenvalue weighted by Crippen LogP contribution is -2.34. The molecule has 4 nitrogen and oxygen atoms in total. The molecule has 1 heterocycles. The molecule has 0 spiro atoms. The van der Waals surface area contributed by atoms with Gasteiger partial charge >= 0.3 is 0 Å². The molecule has 1 fully saturated rings. The van der Waals surface area contributed by atoms with Crippen molar-refractivity contribution >= 4 is 5.82 Å². The fraction of sp³-hybridized carbons (Fsp3) is 0.421. The van der Waals surface area contributed by atoms with Gasteiger partial charge in [0.15, 0.2) is 0 Å². The number of ether oxygens (including phenoxy) is 1. The molecular formula is C19H25N3O. The smallest absolute Gasteiger partial charge is 0.128 e. The van der Waals surface area contributed by atoms with Crippen LogP contribution in [0.4, 0.5) is 5.82 Å². The van der Waals surface area contributed by atoms with Crippen molar-refractivity contribution in [3.05, 3.63) is 41.5 Å². The van der Waals surface area contributed by atoms with E-state index in [9.17, 15) is 0 Å². The van der Waals surface area contributed by atoms with Crippen LogP contribution in [0.2, 0.25) is 0 Å². The van der Waals surface area contributed by atoms with Crippen LogP contribution in [0.15, 0.2) is 30.3 Å². The highest BCUT2D eigenvalue weighted by Gasteiger charge is 2.18. The number of nitrogens with two attached hydrogens (primary N) is 1. The van der Waals surface area contributed by atoms with Crippen molar-refractivity contribution in [3.63, 3.8) is 0 Å². The molecule has 0 saturated heterocycles. The minimum atomic E-state index is 0.526. The molecular weight excluding hydrogens is 286 g/mol. The Hall–Kier alpha value is -2.07. The Balaban J connectivity index is 1.93. The molecule has 0 radical (unpaired) electrons. The summed E-state index contributed by atoms with van der Waals surface area (Å²) in [6.07, 6.45) is 4.93. The summed E-state index contributed by atoms with van der Waals surface area (Å²) in [5.74, 6) is 1.38. The molecule has 3 rings (SSSR count). The highest BCUT2D eigenvalue weighted by molar-refractivity contribution is 5.70. The van der Waals surface area contributed by atoms with Gasteiger partial charge in [-0.1, -0.05) is 19.4 Å². The fourth-order valence-corrected chi connectivity index (χ4v) is 3.00. The van der Waals surface area contributed by atoms with Gasteiger partial charge in [0.25, 0.3) is 0 Å². The second-order valence-electron chi connectivity index (χ2n) is 6.13. The van der Waals surface area contributed by atoms with E-state index in [1.54, 1.807) is 13.2 Å². The van der Waals surface area contributed by atoms with Crippen molar-refractivity contribution in [2.45, 2.75) is 45.2 Å². The van der Waals surface area contributed by atoms with Gasteiger partial charge in [-0.2, -0.15) is 0 Å². The first kappa shape index (κ1) is 15.8. The number of anilines is 1. The standard InChI is InChI=1S/C19H25N3O/c1-3-13-10-16(17-8-5-9-19(20)22-17)18(23-2)11-14(13)12-21-15-6-4-7-15/h5,8-11,15,21H,3-4,6-7,12H2,1-2H3,(H2,20,22). The van der Waals surface area contributed by atoms with Crippen LogP contribution >= 0.6 is 0 Å². The van der Waals surface area contributed by atoms with Gasteiger partial charge in [-0.3, -0.25) is 0 Å². The Morgan fingerprint density at radius 2 is 2.09 bits per heavy atom. The molecule has 0 amide bonds. The lowest BCUT2D eigenvalue weighted by Gasteiger charge is -2.27. The molecule has 1 aromatic heterocycles. The Morgan fingerprint density at radius 3 is 2.70 bits per heavy atom. The number of nitrogens with one attached hydrogen (secondary N) is 1. The van der Waals surface area contributed by atoms with Gasteiger partial charge < -0.3 is 15.8 Å². The average molecular weight is 311 g/mol. The molecule has 0 aliphatic heterocycles. The number of nitrogen functional groups attached to an aromatic ring is 1. The number of pyridine rings is 1. The molecule has 3 N–H and O–H groups in total. The first-order valence-electron chi connectivity index (χ1n) is 8.37. The van der Waals surface area contributed by atoms with E-state index >= 15 is 0 Å².